The molecule has 1 atom stereocenters. The van der Waals surface area contributed by atoms with Crippen LogP contribution in [0.5, 0.6) is 11.5 Å². The number of carboxylic acid groups (broad SMARTS) is 1. The van der Waals surface area contributed by atoms with E-state index in [1.807, 2.05) is 12.1 Å². The molecule has 0 spiro atoms. The van der Waals surface area contributed by atoms with Crippen molar-refractivity contribution in [2.75, 3.05) is 38.3 Å². The number of hydrogen-bond donors (Lipinski definition) is 1. The number of morpholine rings is 1. The van der Waals surface area contributed by atoms with E-state index in [0.29, 0.717) is 11.5 Å². The Morgan fingerprint density at radius 3 is 2.54 bits per heavy atom. The minimum absolute atomic E-state index is 0.379. The molecule has 0 aliphatic carbocycles. The van der Waals surface area contributed by atoms with Crippen LogP contribution in [0.4, 0.5) is 11.4 Å². The summed E-state index contributed by atoms with van der Waals surface area (Å²) < 4.78 is 16.1. The van der Waals surface area contributed by atoms with Crippen LogP contribution in [0, 0.1) is 0 Å². The van der Waals surface area contributed by atoms with E-state index in [9.17, 15) is 4.79 Å². The molecule has 1 N–H and O–H groups in total. The van der Waals surface area contributed by atoms with Gasteiger partial charge in [0.25, 0.3) is 0 Å². The Morgan fingerprint density at radius 1 is 1.18 bits per heavy atom. The number of hydrogen-bond acceptors (Lipinski definition) is 6. The molecule has 3 rings (SSSR count). The third-order valence-corrected chi connectivity index (χ3v) is 4.43. The molecule has 2 aromatic rings. The van der Waals surface area contributed by atoms with Crippen LogP contribution >= 0.6 is 0 Å². The maximum absolute atomic E-state index is 11.0. The summed E-state index contributed by atoms with van der Waals surface area (Å²) >= 11 is 0. The number of benzene rings is 2. The van der Waals surface area contributed by atoms with Crippen molar-refractivity contribution >= 4 is 23.6 Å². The zero-order valence-corrected chi connectivity index (χ0v) is 16.0. The Balaban J connectivity index is 1.68. The van der Waals surface area contributed by atoms with Gasteiger partial charge >= 0.3 is 5.97 Å². The van der Waals surface area contributed by atoms with Crippen molar-refractivity contribution in [1.29, 1.82) is 0 Å². The lowest BCUT2D eigenvalue weighted by molar-refractivity contribution is -0.144. The summed E-state index contributed by atoms with van der Waals surface area (Å²) in [5, 5.41) is 8.98. The molecule has 0 aromatic heterocycles. The highest BCUT2D eigenvalue weighted by atomic mass is 16.5. The van der Waals surface area contributed by atoms with Crippen LogP contribution in [0.1, 0.15) is 12.5 Å². The number of nitrogens with zero attached hydrogens (tertiary/aromatic N) is 2. The molecule has 0 radical (unpaired) electrons. The molecule has 1 saturated heterocycles. The summed E-state index contributed by atoms with van der Waals surface area (Å²) in [7, 11) is 1.51. The van der Waals surface area contributed by atoms with E-state index in [1.54, 1.807) is 24.4 Å². The molecule has 1 heterocycles. The Bertz CT molecular complexity index is 829. The summed E-state index contributed by atoms with van der Waals surface area (Å²) in [6.07, 6.45) is 0.773. The maximum Gasteiger partial charge on any atom is 0.344 e. The van der Waals surface area contributed by atoms with Gasteiger partial charge in [-0.1, -0.05) is 0 Å². The molecular weight excluding hydrogens is 360 g/mol. The van der Waals surface area contributed by atoms with E-state index in [0.717, 1.165) is 43.2 Å². The summed E-state index contributed by atoms with van der Waals surface area (Å²) in [6.45, 7) is 4.78. The van der Waals surface area contributed by atoms with Gasteiger partial charge in [0.05, 0.1) is 26.0 Å². The van der Waals surface area contributed by atoms with Crippen molar-refractivity contribution in [3.63, 3.8) is 0 Å². The fourth-order valence-corrected chi connectivity index (χ4v) is 2.82. The first-order chi connectivity index (χ1) is 13.6. The summed E-state index contributed by atoms with van der Waals surface area (Å²) in [5.74, 6) is -0.197. The third-order valence-electron chi connectivity index (χ3n) is 4.43. The van der Waals surface area contributed by atoms with Crippen molar-refractivity contribution in [2.45, 2.75) is 13.0 Å². The number of ether oxygens (including phenoxy) is 3. The lowest BCUT2D eigenvalue weighted by Crippen LogP contribution is -2.36. The number of aliphatic carboxylic acids is 1. The molecule has 1 aliphatic heterocycles. The van der Waals surface area contributed by atoms with E-state index >= 15 is 0 Å². The molecule has 28 heavy (non-hydrogen) atoms. The van der Waals surface area contributed by atoms with Gasteiger partial charge in [-0.3, -0.25) is 4.99 Å². The molecule has 1 fully saturated rings. The second kappa shape index (κ2) is 9.23. The lowest BCUT2D eigenvalue weighted by Gasteiger charge is -2.28. The highest BCUT2D eigenvalue weighted by Crippen LogP contribution is 2.29. The number of aliphatic imine (C=N–C) groups is 1. The predicted molar refractivity (Wildman–Crippen MR) is 107 cm³/mol. The number of methoxy groups -OCH3 is 1. The van der Waals surface area contributed by atoms with Crippen molar-refractivity contribution in [2.24, 2.45) is 4.99 Å². The van der Waals surface area contributed by atoms with Gasteiger partial charge in [-0.05, 0) is 55.0 Å². The highest BCUT2D eigenvalue weighted by Gasteiger charge is 2.15. The van der Waals surface area contributed by atoms with Crippen LogP contribution in [0.2, 0.25) is 0 Å². The van der Waals surface area contributed by atoms with Crippen molar-refractivity contribution in [3.05, 3.63) is 48.0 Å². The largest absolute Gasteiger partial charge is 0.493 e. The molecule has 2 aromatic carbocycles. The second-order valence-electron chi connectivity index (χ2n) is 6.38. The standard InChI is InChI=1S/C21H24N2O5/c1-15(21(24)25)28-19-8-3-16(13-20(19)26-2)14-22-17-4-6-18(7-5-17)23-9-11-27-12-10-23/h3-8,13-15H,9-12H2,1-2H3,(H,24,25)/t15-/m1/s1. The van der Waals surface area contributed by atoms with Crippen LogP contribution < -0.4 is 14.4 Å². The van der Waals surface area contributed by atoms with Gasteiger partial charge in [0.15, 0.2) is 17.6 Å². The van der Waals surface area contributed by atoms with E-state index in [-0.39, 0.29) is 0 Å². The van der Waals surface area contributed by atoms with Crippen molar-refractivity contribution in [1.82, 2.24) is 0 Å². The topological polar surface area (TPSA) is 80.6 Å². The maximum atomic E-state index is 11.0. The van der Waals surface area contributed by atoms with E-state index in [4.69, 9.17) is 19.3 Å². The SMILES string of the molecule is COc1cc(C=Nc2ccc(N3CCOCC3)cc2)ccc1O[C@H](C)C(=O)O. The second-order valence-corrected chi connectivity index (χ2v) is 6.38. The molecule has 7 heteroatoms. The smallest absolute Gasteiger partial charge is 0.344 e. The molecule has 0 unspecified atom stereocenters. The quantitative estimate of drug-likeness (QED) is 0.739. The minimum Gasteiger partial charge on any atom is -0.493 e. The zero-order valence-electron chi connectivity index (χ0n) is 16.0. The molecule has 0 saturated carbocycles. The highest BCUT2D eigenvalue weighted by molar-refractivity contribution is 5.83. The normalized spacial score (nSPS) is 15.4. The number of carboxylic acids is 1. The van der Waals surface area contributed by atoms with Crippen molar-refractivity contribution < 1.29 is 24.1 Å². The number of rotatable bonds is 7. The zero-order chi connectivity index (χ0) is 19.9. The fourth-order valence-electron chi connectivity index (χ4n) is 2.82. The van der Waals surface area contributed by atoms with Gasteiger partial charge in [-0.2, -0.15) is 0 Å². The molecular formula is C21H24N2O5. The van der Waals surface area contributed by atoms with E-state index in [2.05, 4.69) is 22.0 Å². The molecule has 0 bridgehead atoms. The van der Waals surface area contributed by atoms with Crippen molar-refractivity contribution in [3.8, 4) is 11.5 Å². The van der Waals surface area contributed by atoms with Crippen LogP contribution in [-0.2, 0) is 9.53 Å². The van der Waals surface area contributed by atoms with Crippen LogP contribution in [-0.4, -0.2) is 56.8 Å². The van der Waals surface area contributed by atoms with Crippen LogP contribution in [0.25, 0.3) is 0 Å². The minimum atomic E-state index is -1.03. The van der Waals surface area contributed by atoms with Crippen LogP contribution in [0.3, 0.4) is 0 Å². The first-order valence-corrected chi connectivity index (χ1v) is 9.11. The average molecular weight is 384 g/mol. The van der Waals surface area contributed by atoms with Gasteiger partial charge in [-0.25, -0.2) is 4.79 Å². The lowest BCUT2D eigenvalue weighted by atomic mass is 10.2. The third kappa shape index (κ3) is 5.01. The van der Waals surface area contributed by atoms with Gasteiger partial charge in [0, 0.05) is 25.0 Å². The summed E-state index contributed by atoms with van der Waals surface area (Å²) in [6, 6.07) is 13.3. The fraction of sp³-hybridized carbons (Fsp3) is 0.333. The van der Waals surface area contributed by atoms with E-state index < -0.39 is 12.1 Å². The molecule has 0 amide bonds. The average Bonchev–Trinajstić information content (AvgIpc) is 2.73. The van der Waals surface area contributed by atoms with Gasteiger partial charge < -0.3 is 24.2 Å². The Labute approximate surface area is 164 Å². The van der Waals surface area contributed by atoms with E-state index in [1.165, 1.54) is 14.0 Å². The van der Waals surface area contributed by atoms with Gasteiger partial charge in [0.2, 0.25) is 0 Å². The number of anilines is 1. The van der Waals surface area contributed by atoms with Gasteiger partial charge in [0.1, 0.15) is 0 Å². The molecule has 7 nitrogen and oxygen atoms in total. The first kappa shape index (κ1) is 19.7. The number of carbonyl (C=O) groups is 1. The Kier molecular flexibility index (Phi) is 6.49. The Morgan fingerprint density at radius 2 is 1.89 bits per heavy atom. The Hall–Kier alpha value is -3.06. The first-order valence-electron chi connectivity index (χ1n) is 9.11. The monoisotopic (exact) mass is 384 g/mol. The summed E-state index contributed by atoms with van der Waals surface area (Å²) in [4.78, 5) is 17.7. The molecule has 1 aliphatic rings. The summed E-state index contributed by atoms with van der Waals surface area (Å²) in [5.41, 5.74) is 2.83. The predicted octanol–water partition coefficient (Wildman–Crippen LogP) is 3.13. The molecule has 148 valence electrons. The van der Waals surface area contributed by atoms with Gasteiger partial charge in [-0.15, -0.1) is 0 Å². The van der Waals surface area contributed by atoms with Crippen LogP contribution in [0.15, 0.2) is 47.5 Å².